The number of rotatable bonds is 6. The van der Waals surface area contributed by atoms with Gasteiger partial charge in [0.15, 0.2) is 5.96 Å². The second-order valence-corrected chi connectivity index (χ2v) is 9.73. The average Bonchev–Trinajstić information content (AvgIpc) is 3.06. The molecule has 1 saturated carbocycles. The molecule has 0 aromatic carbocycles. The average molecular weight is 397 g/mol. The highest BCUT2D eigenvalue weighted by molar-refractivity contribution is 5.80. The Labute approximate surface area is 170 Å². The van der Waals surface area contributed by atoms with Gasteiger partial charge in [0.25, 0.3) is 0 Å². The molecule has 2 rings (SSSR count). The molecule has 1 aliphatic carbocycles. The number of hydrogen-bond acceptors (Lipinski definition) is 4. The standard InChI is InChI=1S/C21H40N4O3/c1-9-21(10-2,25-18(26)28-19(3,4)5)13-23-17(22-8)24-15-14-11-12-27-16(14)20(15,6)7/h14-16H,9-13H2,1-8H3,(H,25,26)(H2,22,23,24). The Kier molecular flexibility index (Phi) is 6.90. The summed E-state index contributed by atoms with van der Waals surface area (Å²) < 4.78 is 11.3. The summed E-state index contributed by atoms with van der Waals surface area (Å²) in [6.45, 7) is 15.7. The first-order chi connectivity index (χ1) is 13.0. The van der Waals surface area contributed by atoms with E-state index in [0.717, 1.165) is 31.8 Å². The van der Waals surface area contributed by atoms with Crippen molar-refractivity contribution in [2.75, 3.05) is 20.2 Å². The van der Waals surface area contributed by atoms with Gasteiger partial charge in [-0.2, -0.15) is 0 Å². The molecule has 3 N–H and O–H groups in total. The molecule has 0 aromatic heterocycles. The smallest absolute Gasteiger partial charge is 0.408 e. The molecule has 1 amide bonds. The number of carbonyl (C=O) groups is 1. The minimum Gasteiger partial charge on any atom is -0.444 e. The summed E-state index contributed by atoms with van der Waals surface area (Å²) in [4.78, 5) is 16.7. The Morgan fingerprint density at radius 2 is 1.89 bits per heavy atom. The zero-order chi connectivity index (χ0) is 21.2. The van der Waals surface area contributed by atoms with Crippen molar-refractivity contribution >= 4 is 12.1 Å². The highest BCUT2D eigenvalue weighted by atomic mass is 16.6. The van der Waals surface area contributed by atoms with Crippen molar-refractivity contribution in [3.63, 3.8) is 0 Å². The SMILES string of the molecule is CCC(CC)(CNC(=NC)NC1C2CCOC2C1(C)C)NC(=O)OC(C)(C)C. The van der Waals surface area contributed by atoms with Crippen LogP contribution in [0.3, 0.4) is 0 Å². The van der Waals surface area contributed by atoms with E-state index in [1.807, 2.05) is 20.8 Å². The Morgan fingerprint density at radius 1 is 1.25 bits per heavy atom. The summed E-state index contributed by atoms with van der Waals surface area (Å²) in [5, 5.41) is 10.1. The van der Waals surface area contributed by atoms with Gasteiger partial charge in [0.1, 0.15) is 5.60 Å². The summed E-state index contributed by atoms with van der Waals surface area (Å²) >= 11 is 0. The first-order valence-electron chi connectivity index (χ1n) is 10.6. The van der Waals surface area contributed by atoms with Crippen molar-refractivity contribution in [2.24, 2.45) is 16.3 Å². The van der Waals surface area contributed by atoms with Crippen molar-refractivity contribution in [3.8, 4) is 0 Å². The number of amides is 1. The number of fused-ring (bicyclic) bond motifs is 1. The lowest BCUT2D eigenvalue weighted by molar-refractivity contribution is -0.106. The number of nitrogens with one attached hydrogen (secondary N) is 3. The predicted octanol–water partition coefficient (Wildman–Crippen LogP) is 3.05. The van der Waals surface area contributed by atoms with Crippen LogP contribution in [0.2, 0.25) is 0 Å². The van der Waals surface area contributed by atoms with Crippen molar-refractivity contribution in [3.05, 3.63) is 0 Å². The minimum atomic E-state index is -0.516. The molecule has 2 fully saturated rings. The Balaban J connectivity index is 1.96. The van der Waals surface area contributed by atoms with Crippen molar-refractivity contribution in [1.29, 1.82) is 0 Å². The number of ether oxygens (including phenoxy) is 2. The van der Waals surface area contributed by atoms with Gasteiger partial charge in [-0.15, -0.1) is 0 Å². The van der Waals surface area contributed by atoms with E-state index in [9.17, 15) is 4.79 Å². The van der Waals surface area contributed by atoms with Gasteiger partial charge >= 0.3 is 6.09 Å². The zero-order valence-corrected chi connectivity index (χ0v) is 18.9. The van der Waals surface area contributed by atoms with Gasteiger partial charge in [0, 0.05) is 37.6 Å². The Morgan fingerprint density at radius 3 is 2.43 bits per heavy atom. The van der Waals surface area contributed by atoms with Crippen LogP contribution >= 0.6 is 0 Å². The van der Waals surface area contributed by atoms with E-state index >= 15 is 0 Å². The topological polar surface area (TPSA) is 84.0 Å². The summed E-state index contributed by atoms with van der Waals surface area (Å²) in [6, 6.07) is 0.336. The Bertz CT molecular complexity index is 579. The van der Waals surface area contributed by atoms with Crippen molar-refractivity contribution in [1.82, 2.24) is 16.0 Å². The van der Waals surface area contributed by atoms with Crippen LogP contribution < -0.4 is 16.0 Å². The van der Waals surface area contributed by atoms with E-state index in [2.05, 4.69) is 48.6 Å². The number of aliphatic imine (C=N–C) groups is 1. The molecule has 1 aliphatic heterocycles. The third kappa shape index (κ3) is 4.91. The summed E-state index contributed by atoms with van der Waals surface area (Å²) in [7, 11) is 1.78. The quantitative estimate of drug-likeness (QED) is 0.475. The molecule has 0 aromatic rings. The van der Waals surface area contributed by atoms with Gasteiger partial charge < -0.3 is 25.4 Å². The van der Waals surface area contributed by atoms with E-state index in [4.69, 9.17) is 9.47 Å². The van der Waals surface area contributed by atoms with Crippen molar-refractivity contribution < 1.29 is 14.3 Å². The van der Waals surface area contributed by atoms with Gasteiger partial charge in [-0.3, -0.25) is 4.99 Å². The van der Waals surface area contributed by atoms with Crippen LogP contribution in [0.5, 0.6) is 0 Å². The first-order valence-corrected chi connectivity index (χ1v) is 10.6. The van der Waals surface area contributed by atoms with Crippen LogP contribution in [0.15, 0.2) is 4.99 Å². The monoisotopic (exact) mass is 396 g/mol. The highest BCUT2D eigenvalue weighted by Gasteiger charge is 2.59. The maximum absolute atomic E-state index is 12.3. The number of carbonyl (C=O) groups excluding carboxylic acids is 1. The molecule has 0 spiro atoms. The molecule has 28 heavy (non-hydrogen) atoms. The fraction of sp³-hybridized carbons (Fsp3) is 0.905. The molecule has 7 nitrogen and oxygen atoms in total. The molecular formula is C21H40N4O3. The lowest BCUT2D eigenvalue weighted by atomic mass is 9.57. The van der Waals surface area contributed by atoms with Gasteiger partial charge in [-0.05, 0) is 40.0 Å². The normalized spacial score (nSPS) is 26.9. The maximum Gasteiger partial charge on any atom is 0.408 e. The van der Waals surface area contributed by atoms with Crippen LogP contribution in [0.1, 0.15) is 67.7 Å². The second-order valence-electron chi connectivity index (χ2n) is 9.73. The van der Waals surface area contributed by atoms with Gasteiger partial charge in [0.2, 0.25) is 0 Å². The lowest BCUT2D eigenvalue weighted by Crippen LogP contribution is -2.68. The predicted molar refractivity (Wildman–Crippen MR) is 113 cm³/mol. The molecule has 3 atom stereocenters. The van der Waals surface area contributed by atoms with E-state index in [1.54, 1.807) is 7.05 Å². The second kappa shape index (κ2) is 8.47. The van der Waals surface area contributed by atoms with Crippen LogP contribution in [-0.2, 0) is 9.47 Å². The summed E-state index contributed by atoms with van der Waals surface area (Å²) in [5.74, 6) is 1.30. The summed E-state index contributed by atoms with van der Waals surface area (Å²) in [5.41, 5.74) is -0.827. The van der Waals surface area contributed by atoms with E-state index in [-0.39, 0.29) is 11.5 Å². The van der Waals surface area contributed by atoms with E-state index < -0.39 is 11.1 Å². The molecule has 3 unspecified atom stereocenters. The maximum atomic E-state index is 12.3. The van der Waals surface area contributed by atoms with Gasteiger partial charge in [0.05, 0.1) is 11.6 Å². The largest absolute Gasteiger partial charge is 0.444 e. The zero-order valence-electron chi connectivity index (χ0n) is 18.9. The highest BCUT2D eigenvalue weighted by Crippen LogP contribution is 2.52. The lowest BCUT2D eigenvalue weighted by Gasteiger charge is -2.55. The molecule has 1 heterocycles. The third-order valence-electron chi connectivity index (χ3n) is 6.33. The van der Waals surface area contributed by atoms with Gasteiger partial charge in [-0.25, -0.2) is 4.79 Å². The van der Waals surface area contributed by atoms with E-state index in [0.29, 0.717) is 24.6 Å². The Hall–Kier alpha value is -1.50. The fourth-order valence-electron chi connectivity index (χ4n) is 4.45. The molecular weight excluding hydrogens is 356 g/mol. The summed E-state index contributed by atoms with van der Waals surface area (Å²) in [6.07, 6.45) is 2.63. The molecule has 162 valence electrons. The number of hydrogen-bond donors (Lipinski definition) is 3. The fourth-order valence-corrected chi connectivity index (χ4v) is 4.45. The third-order valence-corrected chi connectivity index (χ3v) is 6.33. The van der Waals surface area contributed by atoms with E-state index in [1.165, 1.54) is 0 Å². The molecule has 0 bridgehead atoms. The van der Waals surface area contributed by atoms with Crippen molar-refractivity contribution in [2.45, 2.75) is 91.0 Å². The van der Waals surface area contributed by atoms with Crippen LogP contribution in [0.4, 0.5) is 4.79 Å². The van der Waals surface area contributed by atoms with Crippen LogP contribution in [-0.4, -0.2) is 55.5 Å². The molecule has 1 saturated heterocycles. The number of nitrogens with zero attached hydrogens (tertiary/aromatic N) is 1. The molecule has 7 heteroatoms. The molecule has 0 radical (unpaired) electrons. The van der Waals surface area contributed by atoms with Crippen LogP contribution in [0.25, 0.3) is 0 Å². The minimum absolute atomic E-state index is 0.0835. The van der Waals surface area contributed by atoms with Crippen LogP contribution in [0, 0.1) is 11.3 Å². The molecule has 2 aliphatic rings. The first kappa shape index (κ1) is 22.8. The van der Waals surface area contributed by atoms with Gasteiger partial charge in [-0.1, -0.05) is 27.7 Å². The number of alkyl carbamates (subject to hydrolysis) is 1. The number of guanidine groups is 1.